The van der Waals surface area contributed by atoms with E-state index in [2.05, 4.69) is 0 Å². The van der Waals surface area contributed by atoms with E-state index in [1.54, 1.807) is 7.11 Å². The molecule has 1 N–H and O–H groups in total. The van der Waals surface area contributed by atoms with Gasteiger partial charge >= 0.3 is 0 Å². The number of aliphatic hydroxyl groups is 1. The summed E-state index contributed by atoms with van der Waals surface area (Å²) in [6, 6.07) is 11.4. The van der Waals surface area contributed by atoms with Gasteiger partial charge in [-0.25, -0.2) is 0 Å². The lowest BCUT2D eigenvalue weighted by Crippen LogP contribution is -2.49. The Morgan fingerprint density at radius 1 is 0.966 bits per heavy atom. The van der Waals surface area contributed by atoms with Crippen molar-refractivity contribution in [2.45, 2.75) is 31.8 Å². The Morgan fingerprint density at radius 2 is 1.69 bits per heavy atom. The predicted molar refractivity (Wildman–Crippen MR) is 111 cm³/mol. The molecule has 0 bridgehead atoms. The number of piperidine rings is 2. The van der Waals surface area contributed by atoms with Crippen molar-refractivity contribution >= 4 is 22.6 Å². The van der Waals surface area contributed by atoms with Gasteiger partial charge in [0, 0.05) is 37.1 Å². The third kappa shape index (κ3) is 3.94. The standard InChI is InChI=1S/C23H28N2O4/c1-29-21-9-8-20(18-6-2-3-7-19(18)21)23(28)25-12-4-5-16(15-25)22(27)24-13-10-17(26)11-14-24/h2-3,6-9,16-17,26H,4-5,10-15H2,1H3. The van der Waals surface area contributed by atoms with Crippen molar-refractivity contribution < 1.29 is 19.4 Å². The predicted octanol–water partition coefficient (Wildman–Crippen LogP) is 2.68. The molecule has 2 aliphatic heterocycles. The van der Waals surface area contributed by atoms with Gasteiger partial charge in [-0.1, -0.05) is 24.3 Å². The van der Waals surface area contributed by atoms with E-state index in [4.69, 9.17) is 4.74 Å². The van der Waals surface area contributed by atoms with Gasteiger partial charge in [-0.05, 0) is 43.2 Å². The second kappa shape index (κ2) is 8.41. The summed E-state index contributed by atoms with van der Waals surface area (Å²) in [6.07, 6.45) is 2.61. The molecular weight excluding hydrogens is 368 g/mol. The van der Waals surface area contributed by atoms with Crippen molar-refractivity contribution in [3.63, 3.8) is 0 Å². The van der Waals surface area contributed by atoms with Crippen LogP contribution < -0.4 is 4.74 Å². The maximum absolute atomic E-state index is 13.3. The molecule has 1 atom stereocenters. The molecule has 1 unspecified atom stereocenters. The van der Waals surface area contributed by atoms with Crippen LogP contribution in [0.3, 0.4) is 0 Å². The van der Waals surface area contributed by atoms with Gasteiger partial charge in [0.2, 0.25) is 5.91 Å². The molecule has 2 fully saturated rings. The molecule has 29 heavy (non-hydrogen) atoms. The third-order valence-corrected chi connectivity index (χ3v) is 6.17. The fraction of sp³-hybridized carbons (Fsp3) is 0.478. The Bertz CT molecular complexity index is 905. The molecule has 6 nitrogen and oxygen atoms in total. The Hall–Kier alpha value is -2.60. The van der Waals surface area contributed by atoms with Crippen LogP contribution in [-0.2, 0) is 4.79 Å². The van der Waals surface area contributed by atoms with Crippen LogP contribution in [0.15, 0.2) is 36.4 Å². The average molecular weight is 396 g/mol. The highest BCUT2D eigenvalue weighted by atomic mass is 16.5. The van der Waals surface area contributed by atoms with Crippen molar-refractivity contribution in [2.24, 2.45) is 5.92 Å². The smallest absolute Gasteiger partial charge is 0.254 e. The Balaban J connectivity index is 1.52. The highest BCUT2D eigenvalue weighted by Crippen LogP contribution is 2.30. The van der Waals surface area contributed by atoms with Crippen LogP contribution >= 0.6 is 0 Å². The highest BCUT2D eigenvalue weighted by Gasteiger charge is 2.33. The van der Waals surface area contributed by atoms with Crippen LogP contribution in [0.4, 0.5) is 0 Å². The first-order chi connectivity index (χ1) is 14.1. The first kappa shape index (κ1) is 19.7. The number of carbonyl (C=O) groups excluding carboxylic acids is 2. The van der Waals surface area contributed by atoms with Gasteiger partial charge in [-0.2, -0.15) is 0 Å². The number of hydrogen-bond donors (Lipinski definition) is 1. The summed E-state index contributed by atoms with van der Waals surface area (Å²) in [5.41, 5.74) is 0.649. The number of fused-ring (bicyclic) bond motifs is 1. The van der Waals surface area contributed by atoms with Gasteiger partial charge in [-0.3, -0.25) is 9.59 Å². The minimum atomic E-state index is -0.299. The van der Waals surface area contributed by atoms with Crippen LogP contribution in [0, 0.1) is 5.92 Å². The van der Waals surface area contributed by atoms with E-state index in [1.807, 2.05) is 46.2 Å². The van der Waals surface area contributed by atoms with Crippen LogP contribution in [0.1, 0.15) is 36.0 Å². The molecule has 6 heteroatoms. The van der Waals surface area contributed by atoms with Gasteiger partial charge < -0.3 is 19.6 Å². The lowest BCUT2D eigenvalue weighted by atomic mass is 9.94. The van der Waals surface area contributed by atoms with Gasteiger partial charge in [0.05, 0.1) is 19.1 Å². The van der Waals surface area contributed by atoms with E-state index >= 15 is 0 Å². The topological polar surface area (TPSA) is 70.1 Å². The summed E-state index contributed by atoms with van der Waals surface area (Å²) in [5.74, 6) is 0.674. The molecule has 0 saturated carbocycles. The third-order valence-electron chi connectivity index (χ3n) is 6.17. The summed E-state index contributed by atoms with van der Waals surface area (Å²) in [5, 5.41) is 11.5. The zero-order chi connectivity index (χ0) is 20.4. The second-order valence-electron chi connectivity index (χ2n) is 8.01. The molecule has 154 valence electrons. The molecule has 0 spiro atoms. The van der Waals surface area contributed by atoms with Gasteiger partial charge in [-0.15, -0.1) is 0 Å². The molecule has 2 aliphatic rings. The Labute approximate surface area is 171 Å². The average Bonchev–Trinajstić information content (AvgIpc) is 2.78. The normalized spacial score (nSPS) is 20.7. The summed E-state index contributed by atoms with van der Waals surface area (Å²) < 4.78 is 5.44. The highest BCUT2D eigenvalue weighted by molar-refractivity contribution is 6.08. The van der Waals surface area contributed by atoms with E-state index in [0.29, 0.717) is 44.6 Å². The maximum atomic E-state index is 13.3. The van der Waals surface area contributed by atoms with Crippen LogP contribution in [-0.4, -0.2) is 66.1 Å². The molecule has 2 aromatic carbocycles. The fourth-order valence-electron chi connectivity index (χ4n) is 4.51. The van der Waals surface area contributed by atoms with E-state index in [1.165, 1.54) is 0 Å². The Kier molecular flexibility index (Phi) is 5.72. The minimum Gasteiger partial charge on any atom is -0.496 e. The summed E-state index contributed by atoms with van der Waals surface area (Å²) in [7, 11) is 1.63. The number of methoxy groups -OCH3 is 1. The van der Waals surface area contributed by atoms with E-state index in [0.717, 1.165) is 29.4 Å². The van der Waals surface area contributed by atoms with E-state index in [-0.39, 0.29) is 23.8 Å². The quantitative estimate of drug-likeness (QED) is 0.866. The van der Waals surface area contributed by atoms with Crippen molar-refractivity contribution in [1.29, 1.82) is 0 Å². The van der Waals surface area contributed by atoms with Crippen molar-refractivity contribution in [3.05, 3.63) is 42.0 Å². The molecule has 4 rings (SSSR count). The number of ether oxygens (including phenoxy) is 1. The molecule has 2 heterocycles. The van der Waals surface area contributed by atoms with E-state index in [9.17, 15) is 14.7 Å². The molecule has 2 amide bonds. The molecule has 2 aromatic rings. The Morgan fingerprint density at radius 3 is 2.41 bits per heavy atom. The zero-order valence-corrected chi connectivity index (χ0v) is 16.8. The molecule has 0 aromatic heterocycles. The second-order valence-corrected chi connectivity index (χ2v) is 8.01. The number of hydrogen-bond acceptors (Lipinski definition) is 4. The maximum Gasteiger partial charge on any atom is 0.254 e. The van der Waals surface area contributed by atoms with Crippen LogP contribution in [0.5, 0.6) is 5.75 Å². The van der Waals surface area contributed by atoms with Gasteiger partial charge in [0.15, 0.2) is 0 Å². The monoisotopic (exact) mass is 396 g/mol. The molecule has 2 saturated heterocycles. The van der Waals surface area contributed by atoms with E-state index < -0.39 is 0 Å². The number of likely N-dealkylation sites (tertiary alicyclic amines) is 2. The fourth-order valence-corrected chi connectivity index (χ4v) is 4.51. The SMILES string of the molecule is COc1ccc(C(=O)N2CCCC(C(=O)N3CCC(O)CC3)C2)c2ccccc12. The number of carbonyl (C=O) groups is 2. The number of amides is 2. The van der Waals surface area contributed by atoms with Crippen molar-refractivity contribution in [2.75, 3.05) is 33.3 Å². The number of nitrogens with zero attached hydrogens (tertiary/aromatic N) is 2. The minimum absolute atomic E-state index is 0.0320. The van der Waals surface area contributed by atoms with Crippen LogP contribution in [0.2, 0.25) is 0 Å². The van der Waals surface area contributed by atoms with Crippen LogP contribution in [0.25, 0.3) is 10.8 Å². The first-order valence-corrected chi connectivity index (χ1v) is 10.4. The molecule has 0 aliphatic carbocycles. The molecule has 0 radical (unpaired) electrons. The number of rotatable bonds is 3. The zero-order valence-electron chi connectivity index (χ0n) is 16.8. The largest absolute Gasteiger partial charge is 0.496 e. The lowest BCUT2D eigenvalue weighted by molar-refractivity contribution is -0.139. The lowest BCUT2D eigenvalue weighted by Gasteiger charge is -2.37. The summed E-state index contributed by atoms with van der Waals surface area (Å²) in [6.45, 7) is 2.33. The number of benzene rings is 2. The van der Waals surface area contributed by atoms with Gasteiger partial charge in [0.25, 0.3) is 5.91 Å². The summed E-state index contributed by atoms with van der Waals surface area (Å²) >= 11 is 0. The number of aliphatic hydroxyl groups excluding tert-OH is 1. The van der Waals surface area contributed by atoms with Crippen molar-refractivity contribution in [1.82, 2.24) is 9.80 Å². The molecular formula is C23H28N2O4. The van der Waals surface area contributed by atoms with Crippen molar-refractivity contribution in [3.8, 4) is 5.75 Å². The van der Waals surface area contributed by atoms with Gasteiger partial charge in [0.1, 0.15) is 5.75 Å². The first-order valence-electron chi connectivity index (χ1n) is 10.4. The summed E-state index contributed by atoms with van der Waals surface area (Å²) in [4.78, 5) is 30.0.